The van der Waals surface area contributed by atoms with Crippen LogP contribution in [0.5, 0.6) is 0 Å². The molecule has 1 aliphatic heterocycles. The van der Waals surface area contributed by atoms with Crippen molar-refractivity contribution < 1.29 is 9.90 Å². The van der Waals surface area contributed by atoms with Crippen LogP contribution in [0.15, 0.2) is 11.8 Å². The minimum absolute atomic E-state index is 0.162. The third-order valence-electron chi connectivity index (χ3n) is 1.87. The van der Waals surface area contributed by atoms with E-state index in [1.165, 1.54) is 6.08 Å². The summed E-state index contributed by atoms with van der Waals surface area (Å²) in [7, 11) is 0. The van der Waals surface area contributed by atoms with Gasteiger partial charge in [-0.1, -0.05) is 0 Å². The number of hydrogen-bond donors (Lipinski definition) is 2. The lowest BCUT2D eigenvalue weighted by molar-refractivity contribution is -0.116. The first-order chi connectivity index (χ1) is 4.23. The van der Waals surface area contributed by atoms with Gasteiger partial charge in [0.2, 0.25) is 5.91 Å². The lowest BCUT2D eigenvalue weighted by Gasteiger charge is -2.05. The smallest absolute Gasteiger partial charge is 0.248 e. The summed E-state index contributed by atoms with van der Waals surface area (Å²) in [4.78, 5) is 10.6. The molecule has 0 atom stereocenters. The van der Waals surface area contributed by atoms with Crippen LogP contribution in [0.1, 0.15) is 12.8 Å². The average Bonchev–Trinajstić information content (AvgIpc) is 2.42. The van der Waals surface area contributed by atoms with Gasteiger partial charge in [-0.3, -0.25) is 4.79 Å². The Morgan fingerprint density at radius 3 is 2.56 bits per heavy atom. The van der Waals surface area contributed by atoms with Crippen LogP contribution >= 0.6 is 0 Å². The highest BCUT2D eigenvalue weighted by Crippen LogP contribution is 2.43. The highest BCUT2D eigenvalue weighted by atomic mass is 16.3. The third-order valence-corrected chi connectivity index (χ3v) is 1.87. The molecule has 0 unspecified atom stereocenters. The predicted octanol–water partition coefficient (Wildman–Crippen LogP) is 0.0907. The van der Waals surface area contributed by atoms with Crippen molar-refractivity contribution in [3.63, 3.8) is 0 Å². The second-order valence-electron chi connectivity index (χ2n) is 2.60. The first-order valence-corrected chi connectivity index (χ1v) is 2.96. The average molecular weight is 125 g/mol. The van der Waals surface area contributed by atoms with Crippen LogP contribution in [-0.4, -0.2) is 16.6 Å². The van der Waals surface area contributed by atoms with Crippen LogP contribution in [0.3, 0.4) is 0 Å². The quantitative estimate of drug-likeness (QED) is 0.482. The van der Waals surface area contributed by atoms with Crippen molar-refractivity contribution in [3.8, 4) is 0 Å². The Morgan fingerprint density at radius 1 is 1.67 bits per heavy atom. The van der Waals surface area contributed by atoms with Gasteiger partial charge in [-0.25, -0.2) is 0 Å². The van der Waals surface area contributed by atoms with E-state index in [1.807, 2.05) is 0 Å². The number of carbonyl (C=O) groups is 1. The fraction of sp³-hybridized carbons (Fsp3) is 0.500. The largest absolute Gasteiger partial charge is 0.510 e. The summed E-state index contributed by atoms with van der Waals surface area (Å²) in [5.74, 6) is 0.0532. The standard InChI is InChI=1S/C6H7NO2/c8-4-3-5(9)7-6(4)1-2-6/h3,8H,1-2H2,(H,7,9). The summed E-state index contributed by atoms with van der Waals surface area (Å²) in [5, 5.41) is 11.7. The maximum Gasteiger partial charge on any atom is 0.248 e. The monoisotopic (exact) mass is 125 g/mol. The van der Waals surface area contributed by atoms with Crippen molar-refractivity contribution in [2.24, 2.45) is 0 Å². The van der Waals surface area contributed by atoms with E-state index in [-0.39, 0.29) is 17.2 Å². The van der Waals surface area contributed by atoms with Gasteiger partial charge < -0.3 is 10.4 Å². The summed E-state index contributed by atoms with van der Waals surface area (Å²) >= 11 is 0. The molecule has 1 saturated carbocycles. The Balaban J connectivity index is 2.34. The molecule has 2 rings (SSSR count). The zero-order chi connectivity index (χ0) is 6.48. The van der Waals surface area contributed by atoms with Crippen LogP contribution < -0.4 is 5.32 Å². The second-order valence-corrected chi connectivity index (χ2v) is 2.60. The normalized spacial score (nSPS) is 28.0. The summed E-state index contributed by atoms with van der Waals surface area (Å²) in [6, 6.07) is 0. The molecule has 0 bridgehead atoms. The van der Waals surface area contributed by atoms with Gasteiger partial charge >= 0.3 is 0 Å². The molecule has 9 heavy (non-hydrogen) atoms. The van der Waals surface area contributed by atoms with Crippen molar-refractivity contribution in [1.82, 2.24) is 5.32 Å². The second kappa shape index (κ2) is 1.12. The van der Waals surface area contributed by atoms with Crippen molar-refractivity contribution in [2.75, 3.05) is 0 Å². The number of rotatable bonds is 0. The van der Waals surface area contributed by atoms with E-state index in [1.54, 1.807) is 0 Å². The van der Waals surface area contributed by atoms with E-state index in [4.69, 9.17) is 5.11 Å². The number of nitrogens with one attached hydrogen (secondary N) is 1. The van der Waals surface area contributed by atoms with Crippen molar-refractivity contribution in [3.05, 3.63) is 11.8 Å². The van der Waals surface area contributed by atoms with Gasteiger partial charge in [0.05, 0.1) is 5.54 Å². The number of hydrogen-bond acceptors (Lipinski definition) is 2. The first kappa shape index (κ1) is 4.85. The molecule has 1 aliphatic carbocycles. The Bertz CT molecular complexity index is 203. The minimum Gasteiger partial charge on any atom is -0.510 e. The molecule has 1 amide bonds. The molecule has 3 nitrogen and oxygen atoms in total. The summed E-state index contributed by atoms with van der Waals surface area (Å²) in [5.41, 5.74) is -0.308. The number of amides is 1. The summed E-state index contributed by atoms with van der Waals surface area (Å²) in [6.45, 7) is 0. The predicted molar refractivity (Wildman–Crippen MR) is 30.8 cm³/mol. The highest BCUT2D eigenvalue weighted by Gasteiger charge is 2.51. The topological polar surface area (TPSA) is 49.3 Å². The van der Waals surface area contributed by atoms with Crippen LogP contribution in [0.4, 0.5) is 0 Å². The van der Waals surface area contributed by atoms with E-state index in [0.29, 0.717) is 0 Å². The molecular weight excluding hydrogens is 118 g/mol. The van der Waals surface area contributed by atoms with Gasteiger partial charge in [0, 0.05) is 6.08 Å². The van der Waals surface area contributed by atoms with Crippen molar-refractivity contribution in [1.29, 1.82) is 0 Å². The Morgan fingerprint density at radius 2 is 2.33 bits per heavy atom. The number of aliphatic hydroxyl groups excluding tert-OH is 1. The zero-order valence-electron chi connectivity index (χ0n) is 4.85. The van der Waals surface area contributed by atoms with E-state index < -0.39 is 0 Å². The van der Waals surface area contributed by atoms with Gasteiger partial charge in [-0.2, -0.15) is 0 Å². The molecule has 0 aromatic carbocycles. The molecule has 0 aromatic rings. The Labute approximate surface area is 52.4 Å². The Hall–Kier alpha value is -0.990. The summed E-state index contributed by atoms with van der Waals surface area (Å²) in [6.07, 6.45) is 3.04. The zero-order valence-corrected chi connectivity index (χ0v) is 4.85. The molecule has 1 heterocycles. The molecule has 0 aromatic heterocycles. The molecule has 2 aliphatic rings. The number of carbonyl (C=O) groups excluding carboxylic acids is 1. The van der Waals surface area contributed by atoms with Gasteiger partial charge in [0.25, 0.3) is 0 Å². The van der Waals surface area contributed by atoms with Crippen molar-refractivity contribution in [2.45, 2.75) is 18.4 Å². The van der Waals surface area contributed by atoms with Gasteiger partial charge in [0.15, 0.2) is 0 Å². The molecule has 2 N–H and O–H groups in total. The minimum atomic E-state index is -0.308. The molecular formula is C6H7NO2. The highest BCUT2D eigenvalue weighted by molar-refractivity contribution is 5.92. The summed E-state index contributed by atoms with van der Waals surface area (Å²) < 4.78 is 0. The van der Waals surface area contributed by atoms with E-state index in [9.17, 15) is 4.79 Å². The Kier molecular flexibility index (Phi) is 0.605. The molecule has 1 spiro atoms. The molecule has 0 radical (unpaired) electrons. The van der Waals surface area contributed by atoms with Gasteiger partial charge in [-0.15, -0.1) is 0 Å². The molecule has 48 valence electrons. The van der Waals surface area contributed by atoms with E-state index in [2.05, 4.69) is 5.32 Å². The van der Waals surface area contributed by atoms with Crippen LogP contribution in [0.25, 0.3) is 0 Å². The maximum atomic E-state index is 10.6. The molecule has 0 saturated heterocycles. The van der Waals surface area contributed by atoms with Crippen molar-refractivity contribution >= 4 is 5.91 Å². The molecule has 3 heteroatoms. The lowest BCUT2D eigenvalue weighted by atomic mass is 10.3. The third kappa shape index (κ3) is 0.487. The van der Waals surface area contributed by atoms with Crippen LogP contribution in [-0.2, 0) is 4.79 Å². The lowest BCUT2D eigenvalue weighted by Crippen LogP contribution is -2.30. The van der Waals surface area contributed by atoms with Crippen LogP contribution in [0.2, 0.25) is 0 Å². The van der Waals surface area contributed by atoms with E-state index >= 15 is 0 Å². The van der Waals surface area contributed by atoms with Gasteiger partial charge in [-0.05, 0) is 12.8 Å². The molecule has 1 fully saturated rings. The maximum absolute atomic E-state index is 10.6. The fourth-order valence-electron chi connectivity index (χ4n) is 1.10. The SMILES string of the molecule is O=C1C=C(O)C2(CC2)N1. The van der Waals surface area contributed by atoms with E-state index in [0.717, 1.165) is 12.8 Å². The number of aliphatic hydroxyl groups is 1. The fourth-order valence-corrected chi connectivity index (χ4v) is 1.10. The van der Waals surface area contributed by atoms with Gasteiger partial charge in [0.1, 0.15) is 5.76 Å². The first-order valence-electron chi connectivity index (χ1n) is 2.96. The van der Waals surface area contributed by atoms with Crippen LogP contribution in [0, 0.1) is 0 Å².